The summed E-state index contributed by atoms with van der Waals surface area (Å²) < 4.78 is 11.1. The standard InChI is InChI=1S/C28H26ClN5O5/c29-20-7-12-23(13-8-20)38-24-14-11-22(16-30-24)32-28-34-33-27(39-28)26(37)31-21-9-5-19(6-10-21)18-3-1-17(2-4-18)15-25(35)36/h5-14,16-18H,1-4,15H2,(H,31,37)(H,32,34)(H,35,36)/t17-,18-. The number of ether oxygens (including phenoxy) is 1. The van der Waals surface area contributed by atoms with Crippen LogP contribution >= 0.6 is 11.6 Å². The van der Waals surface area contributed by atoms with E-state index in [0.29, 0.717) is 33.9 Å². The molecule has 0 aliphatic heterocycles. The number of aliphatic carboxylic acids is 1. The lowest BCUT2D eigenvalue weighted by Crippen LogP contribution is -2.16. The Hall–Kier alpha value is -4.44. The molecule has 11 heteroatoms. The molecule has 0 radical (unpaired) electrons. The molecule has 0 saturated heterocycles. The van der Waals surface area contributed by atoms with Crippen molar-refractivity contribution in [2.24, 2.45) is 5.92 Å². The first kappa shape index (κ1) is 26.2. The van der Waals surface area contributed by atoms with Crippen molar-refractivity contribution in [2.45, 2.75) is 38.0 Å². The van der Waals surface area contributed by atoms with Crippen LogP contribution in [0.5, 0.6) is 11.6 Å². The number of amides is 1. The molecule has 1 aliphatic rings. The number of carboxylic acid groups (broad SMARTS) is 1. The molecule has 0 unspecified atom stereocenters. The van der Waals surface area contributed by atoms with E-state index >= 15 is 0 Å². The Balaban J connectivity index is 1.12. The molecule has 3 N–H and O–H groups in total. The van der Waals surface area contributed by atoms with E-state index in [-0.39, 0.29) is 24.2 Å². The largest absolute Gasteiger partial charge is 0.481 e. The number of carbonyl (C=O) groups excluding carboxylic acids is 1. The van der Waals surface area contributed by atoms with Gasteiger partial charge in [0.1, 0.15) is 5.75 Å². The molecule has 1 saturated carbocycles. The van der Waals surface area contributed by atoms with Crippen molar-refractivity contribution in [1.29, 1.82) is 0 Å². The third-order valence-electron chi connectivity index (χ3n) is 6.59. The maximum Gasteiger partial charge on any atom is 0.320 e. The predicted octanol–water partition coefficient (Wildman–Crippen LogP) is 6.65. The molecule has 5 rings (SSSR count). The zero-order chi connectivity index (χ0) is 27.2. The van der Waals surface area contributed by atoms with E-state index in [1.807, 2.05) is 24.3 Å². The lowest BCUT2D eigenvalue weighted by molar-refractivity contribution is -0.138. The van der Waals surface area contributed by atoms with Crippen molar-refractivity contribution in [3.63, 3.8) is 0 Å². The summed E-state index contributed by atoms with van der Waals surface area (Å²) >= 11 is 5.88. The first-order valence-electron chi connectivity index (χ1n) is 12.5. The quantitative estimate of drug-likeness (QED) is 0.210. The van der Waals surface area contributed by atoms with Crippen molar-refractivity contribution < 1.29 is 23.8 Å². The van der Waals surface area contributed by atoms with Crippen molar-refractivity contribution in [3.8, 4) is 11.6 Å². The molecule has 10 nitrogen and oxygen atoms in total. The number of hydrogen-bond donors (Lipinski definition) is 3. The molecule has 4 aromatic rings. The average Bonchev–Trinajstić information content (AvgIpc) is 3.40. The van der Waals surface area contributed by atoms with E-state index in [1.165, 1.54) is 11.8 Å². The van der Waals surface area contributed by atoms with Crippen LogP contribution in [0.3, 0.4) is 0 Å². The SMILES string of the molecule is O=C(O)C[C@H]1CC[C@H](c2ccc(NC(=O)c3nnc(Nc4ccc(Oc5ccc(Cl)cc5)nc4)o3)cc2)CC1. The highest BCUT2D eigenvalue weighted by Gasteiger charge is 2.24. The molecule has 39 heavy (non-hydrogen) atoms. The number of hydrogen-bond acceptors (Lipinski definition) is 8. The minimum Gasteiger partial charge on any atom is -0.481 e. The van der Waals surface area contributed by atoms with Gasteiger partial charge in [-0.3, -0.25) is 9.59 Å². The van der Waals surface area contributed by atoms with Crippen LogP contribution in [0.15, 0.2) is 71.3 Å². The van der Waals surface area contributed by atoms with Gasteiger partial charge in [0.15, 0.2) is 0 Å². The van der Waals surface area contributed by atoms with Gasteiger partial charge in [0.25, 0.3) is 0 Å². The Labute approximate surface area is 229 Å². The minimum absolute atomic E-state index is 0.0437. The molecule has 2 aromatic heterocycles. The molecule has 1 amide bonds. The molecule has 1 aliphatic carbocycles. The average molecular weight is 548 g/mol. The number of carboxylic acids is 1. The highest BCUT2D eigenvalue weighted by atomic mass is 35.5. The van der Waals surface area contributed by atoms with Crippen LogP contribution in [0.1, 0.15) is 54.3 Å². The second-order valence-corrected chi connectivity index (χ2v) is 9.81. The highest BCUT2D eigenvalue weighted by molar-refractivity contribution is 6.30. The molecule has 0 atom stereocenters. The molecule has 0 bridgehead atoms. The Morgan fingerprint density at radius 3 is 2.33 bits per heavy atom. The number of anilines is 3. The number of aromatic nitrogens is 3. The molecular formula is C28H26ClN5O5. The van der Waals surface area contributed by atoms with Gasteiger partial charge in [-0.05, 0) is 85.5 Å². The monoisotopic (exact) mass is 547 g/mol. The zero-order valence-corrected chi connectivity index (χ0v) is 21.6. The number of nitrogens with one attached hydrogen (secondary N) is 2. The fraction of sp³-hybridized carbons (Fsp3) is 0.250. The van der Waals surface area contributed by atoms with Crippen LogP contribution in [-0.2, 0) is 4.79 Å². The zero-order valence-electron chi connectivity index (χ0n) is 20.8. The third kappa shape index (κ3) is 7.11. The van der Waals surface area contributed by atoms with E-state index < -0.39 is 11.9 Å². The molecule has 2 heterocycles. The number of rotatable bonds is 9. The smallest absolute Gasteiger partial charge is 0.320 e. The fourth-order valence-corrected chi connectivity index (χ4v) is 4.72. The summed E-state index contributed by atoms with van der Waals surface area (Å²) in [4.78, 5) is 27.8. The normalized spacial score (nSPS) is 16.8. The van der Waals surface area contributed by atoms with Gasteiger partial charge < -0.3 is 24.9 Å². The van der Waals surface area contributed by atoms with Crippen LogP contribution in [0, 0.1) is 5.92 Å². The maximum absolute atomic E-state index is 12.6. The predicted molar refractivity (Wildman–Crippen MR) is 145 cm³/mol. The van der Waals surface area contributed by atoms with Gasteiger partial charge in [-0.15, -0.1) is 5.10 Å². The number of halogens is 1. The summed E-state index contributed by atoms with van der Waals surface area (Å²) in [5, 5.41) is 23.0. The van der Waals surface area contributed by atoms with Gasteiger partial charge in [-0.25, -0.2) is 4.98 Å². The lowest BCUT2D eigenvalue weighted by Gasteiger charge is -2.28. The Kier molecular flexibility index (Phi) is 8.02. The van der Waals surface area contributed by atoms with Crippen LogP contribution in [-0.4, -0.2) is 32.2 Å². The van der Waals surface area contributed by atoms with Crippen LogP contribution < -0.4 is 15.4 Å². The Bertz CT molecular complexity index is 1420. The number of carbonyl (C=O) groups is 2. The summed E-state index contributed by atoms with van der Waals surface area (Å²) in [6.45, 7) is 0. The summed E-state index contributed by atoms with van der Waals surface area (Å²) in [6, 6.07) is 18.0. The lowest BCUT2D eigenvalue weighted by atomic mass is 9.77. The van der Waals surface area contributed by atoms with Crippen molar-refractivity contribution >= 4 is 40.9 Å². The topological polar surface area (TPSA) is 139 Å². The molecule has 0 spiro atoms. The first-order chi connectivity index (χ1) is 18.9. The summed E-state index contributed by atoms with van der Waals surface area (Å²) in [7, 11) is 0. The van der Waals surface area contributed by atoms with Crippen LogP contribution in [0.2, 0.25) is 5.02 Å². The Morgan fingerprint density at radius 2 is 1.67 bits per heavy atom. The maximum atomic E-state index is 12.6. The first-order valence-corrected chi connectivity index (χ1v) is 12.9. The van der Waals surface area contributed by atoms with E-state index in [4.69, 9.17) is 25.9 Å². The van der Waals surface area contributed by atoms with Crippen molar-refractivity contribution in [3.05, 3.63) is 83.3 Å². The number of nitrogens with zero attached hydrogens (tertiary/aromatic N) is 3. The van der Waals surface area contributed by atoms with E-state index in [2.05, 4.69) is 25.8 Å². The summed E-state index contributed by atoms with van der Waals surface area (Å²) in [5.41, 5.74) is 2.36. The number of pyridine rings is 1. The van der Waals surface area contributed by atoms with Gasteiger partial charge in [0, 0.05) is 23.2 Å². The second kappa shape index (κ2) is 12.0. The second-order valence-electron chi connectivity index (χ2n) is 9.37. The van der Waals surface area contributed by atoms with Crippen molar-refractivity contribution in [1.82, 2.24) is 15.2 Å². The summed E-state index contributed by atoms with van der Waals surface area (Å²) in [6.07, 6.45) is 5.55. The molecular weight excluding hydrogens is 522 g/mol. The van der Waals surface area contributed by atoms with Gasteiger partial charge in [-0.2, -0.15) is 0 Å². The van der Waals surface area contributed by atoms with Crippen molar-refractivity contribution in [2.75, 3.05) is 10.6 Å². The van der Waals surface area contributed by atoms with Gasteiger partial charge in [0.2, 0.25) is 5.88 Å². The van der Waals surface area contributed by atoms with Gasteiger partial charge in [0.05, 0.1) is 11.9 Å². The molecule has 200 valence electrons. The fourth-order valence-electron chi connectivity index (χ4n) is 4.60. The summed E-state index contributed by atoms with van der Waals surface area (Å²) in [5.74, 6) is 0.221. The Morgan fingerprint density at radius 1 is 0.949 bits per heavy atom. The van der Waals surface area contributed by atoms with Crippen LogP contribution in [0.4, 0.5) is 17.4 Å². The van der Waals surface area contributed by atoms with E-state index in [9.17, 15) is 9.59 Å². The van der Waals surface area contributed by atoms with E-state index in [0.717, 1.165) is 25.7 Å². The van der Waals surface area contributed by atoms with Crippen LogP contribution in [0.25, 0.3) is 0 Å². The highest BCUT2D eigenvalue weighted by Crippen LogP contribution is 2.37. The third-order valence-corrected chi connectivity index (χ3v) is 6.84. The van der Waals surface area contributed by atoms with Gasteiger partial charge in [-0.1, -0.05) is 28.8 Å². The molecule has 2 aromatic carbocycles. The molecule has 1 fully saturated rings. The minimum atomic E-state index is -0.727. The number of benzene rings is 2. The van der Waals surface area contributed by atoms with Gasteiger partial charge >= 0.3 is 23.8 Å². The van der Waals surface area contributed by atoms with E-state index in [1.54, 1.807) is 36.4 Å².